The van der Waals surface area contributed by atoms with Gasteiger partial charge < -0.3 is 10.1 Å². The van der Waals surface area contributed by atoms with Crippen LogP contribution in [0.2, 0.25) is 0 Å². The van der Waals surface area contributed by atoms with Gasteiger partial charge in [0.25, 0.3) is 0 Å². The smallest absolute Gasteiger partial charge is 0.130 e. The predicted octanol–water partition coefficient (Wildman–Crippen LogP) is 3.48. The van der Waals surface area contributed by atoms with Crippen molar-refractivity contribution < 1.29 is 13.5 Å². The van der Waals surface area contributed by atoms with Gasteiger partial charge in [-0.2, -0.15) is 0 Å². The lowest BCUT2D eigenvalue weighted by molar-refractivity contribution is 0.473. The molecule has 0 saturated carbocycles. The van der Waals surface area contributed by atoms with Crippen LogP contribution in [0.1, 0.15) is 5.56 Å². The van der Waals surface area contributed by atoms with Crippen molar-refractivity contribution in [1.29, 1.82) is 0 Å². The maximum atomic E-state index is 13.4. The summed E-state index contributed by atoms with van der Waals surface area (Å²) in [6.45, 7) is 0.553. The van der Waals surface area contributed by atoms with E-state index in [2.05, 4.69) is 5.32 Å². The molecule has 0 aliphatic carbocycles. The summed E-state index contributed by atoms with van der Waals surface area (Å²) in [5, 5.41) is 2.94. The number of nitrogens with one attached hydrogen (secondary N) is 1. The Morgan fingerprint density at radius 1 is 0.944 bits per heavy atom. The molecule has 0 spiro atoms. The first-order chi connectivity index (χ1) is 8.67. The van der Waals surface area contributed by atoms with E-state index in [4.69, 9.17) is 4.74 Å². The van der Waals surface area contributed by atoms with Crippen molar-refractivity contribution in [3.8, 4) is 11.5 Å². The first kappa shape index (κ1) is 12.5. The fraction of sp³-hybridized carbons (Fsp3) is 0.143. The van der Waals surface area contributed by atoms with Gasteiger partial charge in [-0.25, -0.2) is 8.78 Å². The number of ether oxygens (including phenoxy) is 1. The molecule has 2 aromatic carbocycles. The van der Waals surface area contributed by atoms with Crippen LogP contribution in [0.15, 0.2) is 42.5 Å². The Kier molecular flexibility index (Phi) is 3.89. The van der Waals surface area contributed by atoms with Gasteiger partial charge in [-0.15, -0.1) is 0 Å². The Labute approximate surface area is 104 Å². The molecule has 2 nitrogen and oxygen atoms in total. The highest BCUT2D eigenvalue weighted by molar-refractivity contribution is 5.34. The summed E-state index contributed by atoms with van der Waals surface area (Å²) in [5.74, 6) is 0.168. The van der Waals surface area contributed by atoms with Crippen molar-refractivity contribution in [2.75, 3.05) is 7.05 Å². The second-order valence-electron chi connectivity index (χ2n) is 3.88. The molecule has 0 aliphatic heterocycles. The lowest BCUT2D eigenvalue weighted by Crippen LogP contribution is -2.05. The van der Waals surface area contributed by atoms with Gasteiger partial charge in [0.05, 0.1) is 0 Å². The highest BCUT2D eigenvalue weighted by Gasteiger charge is 2.03. The molecule has 2 rings (SSSR count). The molecule has 0 aliphatic rings. The molecule has 1 N–H and O–H groups in total. The van der Waals surface area contributed by atoms with E-state index in [9.17, 15) is 8.78 Å². The SMILES string of the molecule is CNCc1cc(F)cc(Oc2ccc(F)cc2)c1. The third-order valence-electron chi connectivity index (χ3n) is 2.36. The molecule has 2 aromatic rings. The van der Waals surface area contributed by atoms with Crippen LogP contribution in [0.3, 0.4) is 0 Å². The topological polar surface area (TPSA) is 21.3 Å². The van der Waals surface area contributed by atoms with Crippen molar-refractivity contribution in [1.82, 2.24) is 5.32 Å². The quantitative estimate of drug-likeness (QED) is 0.895. The normalized spacial score (nSPS) is 10.4. The molecule has 0 heterocycles. The number of halogens is 2. The second-order valence-corrected chi connectivity index (χ2v) is 3.88. The second kappa shape index (κ2) is 5.60. The zero-order valence-corrected chi connectivity index (χ0v) is 9.91. The zero-order chi connectivity index (χ0) is 13.0. The Hall–Kier alpha value is -1.94. The Bertz CT molecular complexity index is 526. The van der Waals surface area contributed by atoms with E-state index in [-0.39, 0.29) is 11.6 Å². The van der Waals surface area contributed by atoms with Gasteiger partial charge in [-0.3, -0.25) is 0 Å². The highest BCUT2D eigenvalue weighted by Crippen LogP contribution is 2.23. The van der Waals surface area contributed by atoms with Crippen molar-refractivity contribution in [2.24, 2.45) is 0 Å². The molecule has 4 heteroatoms. The van der Waals surface area contributed by atoms with E-state index >= 15 is 0 Å². The van der Waals surface area contributed by atoms with E-state index in [1.807, 2.05) is 0 Å². The molecule has 0 atom stereocenters. The highest BCUT2D eigenvalue weighted by atomic mass is 19.1. The van der Waals surface area contributed by atoms with E-state index in [1.54, 1.807) is 13.1 Å². The summed E-state index contributed by atoms with van der Waals surface area (Å²) in [6, 6.07) is 10.1. The van der Waals surface area contributed by atoms with Gasteiger partial charge in [-0.1, -0.05) is 0 Å². The van der Waals surface area contributed by atoms with E-state index < -0.39 is 0 Å². The lowest BCUT2D eigenvalue weighted by Gasteiger charge is -2.08. The lowest BCUT2D eigenvalue weighted by atomic mass is 10.2. The van der Waals surface area contributed by atoms with Crippen LogP contribution in [-0.4, -0.2) is 7.05 Å². The van der Waals surface area contributed by atoms with Gasteiger partial charge >= 0.3 is 0 Å². The van der Waals surface area contributed by atoms with Crippen molar-refractivity contribution in [2.45, 2.75) is 6.54 Å². The van der Waals surface area contributed by atoms with Gasteiger partial charge in [0, 0.05) is 12.6 Å². The van der Waals surface area contributed by atoms with Gasteiger partial charge in [0.2, 0.25) is 0 Å². The summed E-state index contributed by atoms with van der Waals surface area (Å²) in [5.41, 5.74) is 0.787. The largest absolute Gasteiger partial charge is 0.457 e. The average molecular weight is 249 g/mol. The Balaban J connectivity index is 2.20. The molecule has 94 valence electrons. The van der Waals surface area contributed by atoms with Gasteiger partial charge in [0.1, 0.15) is 23.1 Å². The molecular formula is C14H13F2NO. The van der Waals surface area contributed by atoms with Crippen LogP contribution in [-0.2, 0) is 6.54 Å². The molecular weight excluding hydrogens is 236 g/mol. The van der Waals surface area contributed by atoms with Crippen LogP contribution in [0, 0.1) is 11.6 Å². The standard InChI is InChI=1S/C14H13F2NO/c1-17-9-10-6-12(16)8-14(7-10)18-13-4-2-11(15)3-5-13/h2-8,17H,9H2,1H3. The van der Waals surface area contributed by atoms with Gasteiger partial charge in [0.15, 0.2) is 0 Å². The fourth-order valence-corrected chi connectivity index (χ4v) is 1.62. The number of hydrogen-bond donors (Lipinski definition) is 1. The summed E-state index contributed by atoms with van der Waals surface area (Å²) < 4.78 is 31.5. The molecule has 0 bridgehead atoms. The number of rotatable bonds is 4. The van der Waals surface area contributed by atoms with Crippen molar-refractivity contribution in [3.05, 3.63) is 59.7 Å². The summed E-state index contributed by atoms with van der Waals surface area (Å²) >= 11 is 0. The van der Waals surface area contributed by atoms with Crippen LogP contribution in [0.25, 0.3) is 0 Å². The maximum Gasteiger partial charge on any atom is 0.130 e. The first-order valence-electron chi connectivity index (χ1n) is 5.55. The minimum Gasteiger partial charge on any atom is -0.457 e. The molecule has 0 aromatic heterocycles. The average Bonchev–Trinajstić information content (AvgIpc) is 2.32. The fourth-order valence-electron chi connectivity index (χ4n) is 1.62. The van der Waals surface area contributed by atoms with Crippen LogP contribution >= 0.6 is 0 Å². The predicted molar refractivity (Wildman–Crippen MR) is 65.6 cm³/mol. The molecule has 0 radical (unpaired) electrons. The van der Waals surface area contributed by atoms with Crippen molar-refractivity contribution in [3.63, 3.8) is 0 Å². The Morgan fingerprint density at radius 2 is 1.67 bits per heavy atom. The number of benzene rings is 2. The zero-order valence-electron chi connectivity index (χ0n) is 9.91. The minimum absolute atomic E-state index is 0.336. The maximum absolute atomic E-state index is 13.4. The van der Waals surface area contributed by atoms with E-state index in [1.165, 1.54) is 36.4 Å². The van der Waals surface area contributed by atoms with Gasteiger partial charge in [-0.05, 0) is 49.0 Å². The minimum atomic E-state index is -0.361. The summed E-state index contributed by atoms with van der Waals surface area (Å²) in [4.78, 5) is 0. The molecule has 18 heavy (non-hydrogen) atoms. The number of hydrogen-bond acceptors (Lipinski definition) is 2. The third-order valence-corrected chi connectivity index (χ3v) is 2.36. The Morgan fingerprint density at radius 3 is 2.33 bits per heavy atom. The van der Waals surface area contributed by atoms with E-state index in [0.717, 1.165) is 5.56 Å². The third kappa shape index (κ3) is 3.28. The first-order valence-corrected chi connectivity index (χ1v) is 5.55. The van der Waals surface area contributed by atoms with Crippen LogP contribution in [0.4, 0.5) is 8.78 Å². The molecule has 0 amide bonds. The molecule has 0 unspecified atom stereocenters. The monoisotopic (exact) mass is 249 g/mol. The van der Waals surface area contributed by atoms with Crippen LogP contribution < -0.4 is 10.1 Å². The van der Waals surface area contributed by atoms with E-state index in [0.29, 0.717) is 18.0 Å². The summed E-state index contributed by atoms with van der Waals surface area (Å²) in [7, 11) is 1.78. The van der Waals surface area contributed by atoms with Crippen molar-refractivity contribution >= 4 is 0 Å². The molecule has 0 saturated heterocycles. The summed E-state index contributed by atoms with van der Waals surface area (Å²) in [6.07, 6.45) is 0. The van der Waals surface area contributed by atoms with Crippen LogP contribution in [0.5, 0.6) is 11.5 Å². The molecule has 0 fully saturated rings.